The lowest BCUT2D eigenvalue weighted by atomic mass is 10.1. The fourth-order valence-electron chi connectivity index (χ4n) is 1.82. The van der Waals surface area contributed by atoms with Crippen LogP contribution in [0.15, 0.2) is 24.4 Å². The van der Waals surface area contributed by atoms with Crippen LogP contribution in [-0.4, -0.2) is 32.6 Å². The van der Waals surface area contributed by atoms with E-state index in [9.17, 15) is 4.79 Å². The fraction of sp³-hybridized carbons (Fsp3) is 0.308. The monoisotopic (exact) mass is 260 g/mol. The summed E-state index contributed by atoms with van der Waals surface area (Å²) in [6.45, 7) is 5.33. The molecule has 2 aromatic rings. The highest BCUT2D eigenvalue weighted by molar-refractivity contribution is 5.84. The molecule has 2 rings (SSSR count). The van der Waals surface area contributed by atoms with E-state index in [4.69, 9.17) is 5.11 Å². The Hall–Kier alpha value is -2.37. The molecule has 0 bridgehead atoms. The van der Waals surface area contributed by atoms with E-state index in [1.165, 1.54) is 22.0 Å². The van der Waals surface area contributed by atoms with E-state index < -0.39 is 5.97 Å². The maximum absolute atomic E-state index is 10.7. The number of carbonyl (C=O) groups is 1. The Labute approximate surface area is 111 Å². The first-order chi connectivity index (χ1) is 9.06. The normalized spacial score (nSPS) is 10.4. The molecular weight excluding hydrogens is 244 g/mol. The van der Waals surface area contributed by atoms with Crippen molar-refractivity contribution in [1.29, 1.82) is 0 Å². The van der Waals surface area contributed by atoms with Crippen LogP contribution in [0.2, 0.25) is 0 Å². The number of nitrogens with zero attached hydrogens (tertiary/aromatic N) is 3. The summed E-state index contributed by atoms with van der Waals surface area (Å²) in [6, 6.07) is 6.20. The lowest BCUT2D eigenvalue weighted by Gasteiger charge is -2.09. The van der Waals surface area contributed by atoms with Gasteiger partial charge in [0, 0.05) is 12.2 Å². The number of carboxylic acids is 1. The number of nitrogens with one attached hydrogen (secondary N) is 1. The summed E-state index contributed by atoms with van der Waals surface area (Å²) in [5, 5.41) is 19.3. The number of aromatic carboxylic acids is 1. The summed E-state index contributed by atoms with van der Waals surface area (Å²) >= 11 is 0. The van der Waals surface area contributed by atoms with Crippen molar-refractivity contribution in [2.75, 3.05) is 11.9 Å². The topological polar surface area (TPSA) is 80.0 Å². The molecule has 19 heavy (non-hydrogen) atoms. The van der Waals surface area contributed by atoms with Gasteiger partial charge < -0.3 is 10.4 Å². The minimum atomic E-state index is -1.06. The van der Waals surface area contributed by atoms with Gasteiger partial charge in [0.05, 0.1) is 12.7 Å². The number of hydrogen-bond acceptors (Lipinski definition) is 4. The van der Waals surface area contributed by atoms with Gasteiger partial charge in [0.15, 0.2) is 5.69 Å². The fourth-order valence-corrected chi connectivity index (χ4v) is 1.82. The largest absolute Gasteiger partial charge is 0.476 e. The van der Waals surface area contributed by atoms with E-state index in [1.54, 1.807) is 0 Å². The van der Waals surface area contributed by atoms with Crippen molar-refractivity contribution in [2.24, 2.45) is 0 Å². The molecule has 1 aromatic heterocycles. The number of hydrogen-bond donors (Lipinski definition) is 2. The first kappa shape index (κ1) is 13.1. The Morgan fingerprint density at radius 2 is 2.21 bits per heavy atom. The first-order valence-corrected chi connectivity index (χ1v) is 6.01. The van der Waals surface area contributed by atoms with Gasteiger partial charge in [-0.1, -0.05) is 22.9 Å². The number of aromatic nitrogens is 3. The number of anilines is 1. The molecule has 2 N–H and O–H groups in total. The maximum atomic E-state index is 10.7. The molecule has 0 saturated carbocycles. The molecule has 1 heterocycles. The van der Waals surface area contributed by atoms with Crippen LogP contribution >= 0.6 is 0 Å². The van der Waals surface area contributed by atoms with Crippen molar-refractivity contribution in [3.63, 3.8) is 0 Å². The molecule has 100 valence electrons. The van der Waals surface area contributed by atoms with Crippen molar-refractivity contribution >= 4 is 11.7 Å². The van der Waals surface area contributed by atoms with Crippen LogP contribution in [0.25, 0.3) is 0 Å². The van der Waals surface area contributed by atoms with Crippen LogP contribution in [0, 0.1) is 13.8 Å². The molecule has 0 aliphatic heterocycles. The second-order valence-electron chi connectivity index (χ2n) is 4.42. The van der Waals surface area contributed by atoms with Crippen molar-refractivity contribution in [3.8, 4) is 0 Å². The maximum Gasteiger partial charge on any atom is 0.358 e. The zero-order valence-electron chi connectivity index (χ0n) is 10.9. The third kappa shape index (κ3) is 3.31. The molecule has 0 amide bonds. The molecule has 0 radical (unpaired) electrons. The first-order valence-electron chi connectivity index (χ1n) is 6.01. The summed E-state index contributed by atoms with van der Waals surface area (Å²) in [6.07, 6.45) is 1.42. The lowest BCUT2D eigenvalue weighted by Crippen LogP contribution is -2.11. The molecule has 0 atom stereocenters. The molecule has 0 fully saturated rings. The summed E-state index contributed by atoms with van der Waals surface area (Å²) < 4.78 is 1.51. The second-order valence-corrected chi connectivity index (χ2v) is 4.42. The van der Waals surface area contributed by atoms with E-state index in [2.05, 4.69) is 28.6 Å². The summed E-state index contributed by atoms with van der Waals surface area (Å²) in [4.78, 5) is 10.7. The highest BCUT2D eigenvalue weighted by atomic mass is 16.4. The molecular formula is C13H16N4O2. The number of aryl methyl sites for hydroxylation is 2. The van der Waals surface area contributed by atoms with Gasteiger partial charge in [0.2, 0.25) is 0 Å². The van der Waals surface area contributed by atoms with E-state index in [1.807, 2.05) is 19.1 Å². The Kier molecular flexibility index (Phi) is 3.79. The number of benzene rings is 1. The Bertz CT molecular complexity index is 592. The van der Waals surface area contributed by atoms with Crippen molar-refractivity contribution in [3.05, 3.63) is 41.2 Å². The third-order valence-corrected chi connectivity index (χ3v) is 2.80. The predicted molar refractivity (Wildman–Crippen MR) is 71.4 cm³/mol. The zero-order chi connectivity index (χ0) is 13.8. The quantitative estimate of drug-likeness (QED) is 0.855. The minimum Gasteiger partial charge on any atom is -0.476 e. The van der Waals surface area contributed by atoms with E-state index in [0.717, 1.165) is 5.69 Å². The van der Waals surface area contributed by atoms with E-state index in [-0.39, 0.29) is 5.69 Å². The molecule has 1 aromatic carbocycles. The average molecular weight is 260 g/mol. The van der Waals surface area contributed by atoms with Crippen LogP contribution in [0.4, 0.5) is 5.69 Å². The minimum absolute atomic E-state index is 0.0356. The number of rotatable bonds is 5. The second kappa shape index (κ2) is 5.51. The standard InChI is InChI=1S/C13H16N4O2/c1-9-3-4-11(10(2)7-9)14-5-6-17-8-12(13(18)19)15-16-17/h3-4,7-8,14H,5-6H2,1-2H3,(H,18,19). The van der Waals surface area contributed by atoms with E-state index in [0.29, 0.717) is 13.1 Å². The molecule has 6 heteroatoms. The van der Waals surface area contributed by atoms with Gasteiger partial charge in [-0.05, 0) is 25.5 Å². The molecule has 0 spiro atoms. The highest BCUT2D eigenvalue weighted by Crippen LogP contribution is 2.15. The van der Waals surface area contributed by atoms with Crippen molar-refractivity contribution < 1.29 is 9.90 Å². The Morgan fingerprint density at radius 1 is 1.42 bits per heavy atom. The summed E-state index contributed by atoms with van der Waals surface area (Å²) in [5.41, 5.74) is 3.45. The molecule has 0 aliphatic rings. The Balaban J connectivity index is 1.90. The van der Waals surface area contributed by atoms with Crippen LogP contribution in [0.5, 0.6) is 0 Å². The molecule has 6 nitrogen and oxygen atoms in total. The zero-order valence-corrected chi connectivity index (χ0v) is 10.9. The molecule has 0 aliphatic carbocycles. The van der Waals surface area contributed by atoms with Crippen molar-refractivity contribution in [1.82, 2.24) is 15.0 Å². The molecule has 0 unspecified atom stereocenters. The molecule has 0 saturated heterocycles. The lowest BCUT2D eigenvalue weighted by molar-refractivity contribution is 0.0690. The van der Waals surface area contributed by atoms with Crippen LogP contribution in [0.1, 0.15) is 21.6 Å². The van der Waals surface area contributed by atoms with Crippen LogP contribution in [0.3, 0.4) is 0 Å². The SMILES string of the molecule is Cc1ccc(NCCn2cc(C(=O)O)nn2)c(C)c1. The van der Waals surface area contributed by atoms with Gasteiger partial charge in [-0.15, -0.1) is 5.10 Å². The van der Waals surface area contributed by atoms with Crippen LogP contribution in [-0.2, 0) is 6.54 Å². The van der Waals surface area contributed by atoms with Gasteiger partial charge in [-0.3, -0.25) is 0 Å². The van der Waals surface area contributed by atoms with Gasteiger partial charge >= 0.3 is 5.97 Å². The predicted octanol–water partition coefficient (Wildman–Crippen LogP) is 1.71. The Morgan fingerprint density at radius 3 is 2.84 bits per heavy atom. The summed E-state index contributed by atoms with van der Waals surface area (Å²) in [5.74, 6) is -1.06. The van der Waals surface area contributed by atoms with Gasteiger partial charge in [0.25, 0.3) is 0 Å². The third-order valence-electron chi connectivity index (χ3n) is 2.80. The smallest absolute Gasteiger partial charge is 0.358 e. The van der Waals surface area contributed by atoms with Gasteiger partial charge in [0.1, 0.15) is 0 Å². The number of carboxylic acid groups (broad SMARTS) is 1. The highest BCUT2D eigenvalue weighted by Gasteiger charge is 2.07. The van der Waals surface area contributed by atoms with Crippen molar-refractivity contribution in [2.45, 2.75) is 20.4 Å². The van der Waals surface area contributed by atoms with Gasteiger partial charge in [-0.2, -0.15) is 0 Å². The summed E-state index contributed by atoms with van der Waals surface area (Å²) in [7, 11) is 0. The van der Waals surface area contributed by atoms with E-state index >= 15 is 0 Å². The van der Waals surface area contributed by atoms with Gasteiger partial charge in [-0.25, -0.2) is 9.48 Å². The average Bonchev–Trinajstić information content (AvgIpc) is 2.81. The van der Waals surface area contributed by atoms with Crippen LogP contribution < -0.4 is 5.32 Å².